The molecule has 3 rings (SSSR count). The molecule has 1 aliphatic rings. The number of aryl methyl sites for hydroxylation is 1. The van der Waals surface area contributed by atoms with Crippen LogP contribution in [0.2, 0.25) is 0 Å². The number of carbonyl (C=O) groups excluding carboxylic acids is 3. The van der Waals surface area contributed by atoms with E-state index < -0.39 is 29.5 Å². The second-order valence-electron chi connectivity index (χ2n) is 13.0. The fourth-order valence-corrected chi connectivity index (χ4v) is 6.14. The zero-order valence-electron chi connectivity index (χ0n) is 29.6. The van der Waals surface area contributed by atoms with Crippen molar-refractivity contribution in [3.63, 3.8) is 0 Å². The molecule has 276 valence electrons. The van der Waals surface area contributed by atoms with Crippen LogP contribution in [-0.4, -0.2) is 117 Å². The summed E-state index contributed by atoms with van der Waals surface area (Å²) in [6, 6.07) is 5.79. The Morgan fingerprint density at radius 3 is 2.18 bits per heavy atom. The van der Waals surface area contributed by atoms with Gasteiger partial charge in [0, 0.05) is 30.8 Å². The number of hydrogen-bond donors (Lipinski definition) is 3. The third kappa shape index (κ3) is 13.2. The highest BCUT2D eigenvalue weighted by Gasteiger charge is 2.44. The number of rotatable bonds is 21. The van der Waals surface area contributed by atoms with E-state index in [9.17, 15) is 19.5 Å². The van der Waals surface area contributed by atoms with E-state index in [4.69, 9.17) is 24.5 Å². The number of aliphatic hydroxyl groups is 1. The molecule has 2 aromatic rings. The van der Waals surface area contributed by atoms with Crippen LogP contribution in [0, 0.1) is 12.3 Å². The first-order chi connectivity index (χ1) is 23.9. The molecular weight excluding hydrogens is 666 g/mol. The van der Waals surface area contributed by atoms with Crippen molar-refractivity contribution in [1.82, 2.24) is 20.5 Å². The number of nitrogens with one attached hydrogen (secondary N) is 2. The number of benzene rings is 1. The standard InChI is InChI=1S/C34H51N7O8S/c1-23(25-6-8-26(9-7-25)30-24(2)36-22-50-30)38-32(44)28-20-27(42)21-41(28)33(45)31(34(3,4)5)39-29(43)10-12-46-14-16-48-18-19-49-17-15-47-13-11-37-40-35/h6-9,22-23,27-28,31,42H,10-21H2,1-5H3,(H,38,44)(H,39,43)/t23-,27+,28-,31+/m0/s1. The molecule has 15 nitrogen and oxygen atoms in total. The third-order valence-corrected chi connectivity index (χ3v) is 9.03. The SMILES string of the molecule is Cc1ncsc1-c1ccc([C@H](C)NC(=O)[C@@H]2C[C@@H](O)CN2C(=O)[C@@H](NC(=O)CCOCCOCCOCCOCCN=[N+]=[N-])C(C)(C)C)cc1. The van der Waals surface area contributed by atoms with Crippen LogP contribution in [0.5, 0.6) is 0 Å². The number of amides is 3. The molecule has 0 spiro atoms. The summed E-state index contributed by atoms with van der Waals surface area (Å²) in [4.78, 5) is 49.7. The molecule has 1 aromatic heterocycles. The monoisotopic (exact) mass is 717 g/mol. The van der Waals surface area contributed by atoms with E-state index in [0.29, 0.717) is 39.6 Å². The Kier molecular flexibility index (Phi) is 17.1. The van der Waals surface area contributed by atoms with Crippen molar-refractivity contribution in [2.45, 2.75) is 71.7 Å². The van der Waals surface area contributed by atoms with Gasteiger partial charge in [0.15, 0.2) is 0 Å². The summed E-state index contributed by atoms with van der Waals surface area (Å²) in [5, 5.41) is 19.7. The topological polar surface area (TPSA) is 197 Å². The van der Waals surface area contributed by atoms with Crippen molar-refractivity contribution in [3.05, 3.63) is 51.5 Å². The van der Waals surface area contributed by atoms with Crippen molar-refractivity contribution >= 4 is 29.1 Å². The van der Waals surface area contributed by atoms with Gasteiger partial charge in [-0.15, -0.1) is 11.3 Å². The number of hydrogen-bond acceptors (Lipinski definition) is 11. The number of carbonyl (C=O) groups is 3. The smallest absolute Gasteiger partial charge is 0.246 e. The summed E-state index contributed by atoms with van der Waals surface area (Å²) in [7, 11) is 0. The molecule has 0 unspecified atom stereocenters. The quantitative estimate of drug-likeness (QED) is 0.0748. The highest BCUT2D eigenvalue weighted by atomic mass is 32.1. The molecule has 1 saturated heterocycles. The van der Waals surface area contributed by atoms with E-state index in [1.807, 2.05) is 64.4 Å². The molecule has 16 heteroatoms. The summed E-state index contributed by atoms with van der Waals surface area (Å²) in [6.07, 6.45) is -0.718. The fraction of sp³-hybridized carbons (Fsp3) is 0.647. The van der Waals surface area contributed by atoms with Crippen molar-refractivity contribution < 1.29 is 38.4 Å². The summed E-state index contributed by atoms with van der Waals surface area (Å²) < 4.78 is 21.6. The van der Waals surface area contributed by atoms with Gasteiger partial charge in [0.2, 0.25) is 17.7 Å². The number of likely N-dealkylation sites (tertiary alicyclic amines) is 1. The van der Waals surface area contributed by atoms with Crippen LogP contribution in [-0.2, 0) is 33.3 Å². The largest absolute Gasteiger partial charge is 0.391 e. The lowest BCUT2D eigenvalue weighted by molar-refractivity contribution is -0.144. The maximum absolute atomic E-state index is 13.9. The number of β-amino-alcohol motifs (C(OH)–C–C–N with tert-alkyl or cyclic N) is 1. The Morgan fingerprint density at radius 1 is 1.02 bits per heavy atom. The van der Waals surface area contributed by atoms with Crippen LogP contribution in [0.25, 0.3) is 20.9 Å². The first kappa shape index (κ1) is 40.8. The van der Waals surface area contributed by atoms with E-state index in [2.05, 4.69) is 25.6 Å². The Morgan fingerprint density at radius 2 is 1.62 bits per heavy atom. The molecule has 0 bridgehead atoms. The zero-order chi connectivity index (χ0) is 36.5. The summed E-state index contributed by atoms with van der Waals surface area (Å²) >= 11 is 1.57. The predicted molar refractivity (Wildman–Crippen MR) is 188 cm³/mol. The average molecular weight is 718 g/mol. The van der Waals surface area contributed by atoms with E-state index in [1.54, 1.807) is 11.3 Å². The Bertz CT molecular complexity index is 1410. The maximum atomic E-state index is 13.9. The van der Waals surface area contributed by atoms with Crippen molar-refractivity contribution in [2.75, 3.05) is 65.9 Å². The van der Waals surface area contributed by atoms with E-state index >= 15 is 0 Å². The van der Waals surface area contributed by atoms with Gasteiger partial charge in [0.25, 0.3) is 0 Å². The first-order valence-electron chi connectivity index (χ1n) is 16.8. The van der Waals surface area contributed by atoms with Crippen molar-refractivity contribution in [3.8, 4) is 10.4 Å². The number of ether oxygens (including phenoxy) is 4. The minimum atomic E-state index is -0.921. The molecular formula is C34H51N7O8S. The Balaban J connectivity index is 1.42. The van der Waals surface area contributed by atoms with Gasteiger partial charge in [-0.2, -0.15) is 0 Å². The lowest BCUT2D eigenvalue weighted by atomic mass is 9.85. The lowest BCUT2D eigenvalue weighted by Crippen LogP contribution is -2.58. The van der Waals surface area contributed by atoms with Crippen molar-refractivity contribution in [1.29, 1.82) is 0 Å². The summed E-state index contributed by atoms with van der Waals surface area (Å²) in [6.45, 7) is 12.3. The molecule has 0 aliphatic carbocycles. The van der Waals surface area contributed by atoms with E-state index in [-0.39, 0.29) is 57.0 Å². The van der Waals surface area contributed by atoms with Gasteiger partial charge < -0.3 is 39.6 Å². The average Bonchev–Trinajstić information content (AvgIpc) is 3.69. The van der Waals surface area contributed by atoms with Crippen LogP contribution in [0.15, 0.2) is 34.9 Å². The van der Waals surface area contributed by atoms with Crippen LogP contribution < -0.4 is 10.6 Å². The summed E-state index contributed by atoms with van der Waals surface area (Å²) in [5.74, 6) is -1.14. The highest BCUT2D eigenvalue weighted by molar-refractivity contribution is 7.13. The van der Waals surface area contributed by atoms with Gasteiger partial charge in [-0.25, -0.2) is 4.98 Å². The van der Waals surface area contributed by atoms with Crippen LogP contribution in [0.1, 0.15) is 57.8 Å². The second kappa shape index (κ2) is 20.9. The molecule has 0 saturated carbocycles. The maximum Gasteiger partial charge on any atom is 0.246 e. The van der Waals surface area contributed by atoms with Gasteiger partial charge in [-0.1, -0.05) is 50.2 Å². The lowest BCUT2D eigenvalue weighted by Gasteiger charge is -2.35. The molecule has 1 fully saturated rings. The molecule has 50 heavy (non-hydrogen) atoms. The molecule has 3 amide bonds. The fourth-order valence-electron chi connectivity index (χ4n) is 5.33. The normalized spacial score (nSPS) is 17.2. The molecule has 4 atom stereocenters. The van der Waals surface area contributed by atoms with E-state index in [1.165, 1.54) is 4.90 Å². The second-order valence-corrected chi connectivity index (χ2v) is 13.9. The molecule has 0 radical (unpaired) electrons. The Labute approximate surface area is 297 Å². The number of thiazole rings is 1. The molecule has 2 heterocycles. The van der Waals surface area contributed by atoms with Gasteiger partial charge in [-0.05, 0) is 35.9 Å². The van der Waals surface area contributed by atoms with Crippen LogP contribution in [0.4, 0.5) is 0 Å². The summed E-state index contributed by atoms with van der Waals surface area (Å²) in [5.41, 5.74) is 12.3. The number of nitrogens with zero attached hydrogens (tertiary/aromatic N) is 5. The van der Waals surface area contributed by atoms with E-state index in [0.717, 1.165) is 21.7 Å². The molecule has 1 aromatic carbocycles. The highest BCUT2D eigenvalue weighted by Crippen LogP contribution is 2.29. The van der Waals surface area contributed by atoms with Gasteiger partial charge in [0.1, 0.15) is 12.1 Å². The number of aromatic nitrogens is 1. The third-order valence-electron chi connectivity index (χ3n) is 8.05. The van der Waals surface area contributed by atoms with Gasteiger partial charge in [0.05, 0.1) is 81.1 Å². The molecule has 1 aliphatic heterocycles. The minimum absolute atomic E-state index is 0.00253. The van der Waals surface area contributed by atoms with Gasteiger partial charge in [-0.3, -0.25) is 14.4 Å². The number of aliphatic hydroxyl groups excluding tert-OH is 1. The van der Waals surface area contributed by atoms with Gasteiger partial charge >= 0.3 is 0 Å². The first-order valence-corrected chi connectivity index (χ1v) is 17.7. The Hall–Kier alpha value is -3.63. The van der Waals surface area contributed by atoms with Crippen molar-refractivity contribution in [2.24, 2.45) is 10.5 Å². The predicted octanol–water partition coefficient (Wildman–Crippen LogP) is 3.56. The van der Waals surface area contributed by atoms with Crippen LogP contribution in [0.3, 0.4) is 0 Å². The molecule has 3 N–H and O–H groups in total. The van der Waals surface area contributed by atoms with Crippen LogP contribution >= 0.6 is 11.3 Å². The minimum Gasteiger partial charge on any atom is -0.391 e. The zero-order valence-corrected chi connectivity index (χ0v) is 30.4. The number of azide groups is 1.